The van der Waals surface area contributed by atoms with Gasteiger partial charge in [0.25, 0.3) is 0 Å². The van der Waals surface area contributed by atoms with Gasteiger partial charge in [-0.05, 0) is 22.9 Å². The van der Waals surface area contributed by atoms with E-state index in [4.69, 9.17) is 4.74 Å². The number of hydrogen-bond acceptors (Lipinski definition) is 4. The van der Waals surface area contributed by atoms with E-state index in [1.54, 1.807) is 6.92 Å². The summed E-state index contributed by atoms with van der Waals surface area (Å²) in [6, 6.07) is 0. The van der Waals surface area contributed by atoms with Crippen molar-refractivity contribution in [2.24, 2.45) is 0 Å². The van der Waals surface area contributed by atoms with Crippen molar-refractivity contribution in [1.82, 2.24) is 9.97 Å². The maximum absolute atomic E-state index is 11.1. The van der Waals surface area contributed by atoms with Crippen LogP contribution in [0.15, 0.2) is 17.0 Å². The Bertz CT molecular complexity index is 290. The van der Waals surface area contributed by atoms with E-state index in [2.05, 4.69) is 25.9 Å². The molecule has 0 N–H and O–H groups in total. The summed E-state index contributed by atoms with van der Waals surface area (Å²) in [5, 5.41) is 0. The van der Waals surface area contributed by atoms with Crippen molar-refractivity contribution < 1.29 is 9.53 Å². The summed E-state index contributed by atoms with van der Waals surface area (Å²) in [4.78, 5) is 18.6. The Balaban J connectivity index is 2.87. The first-order valence-electron chi connectivity index (χ1n) is 3.38. The highest BCUT2D eigenvalue weighted by atomic mass is 79.9. The molecule has 0 aromatic carbocycles. The van der Waals surface area contributed by atoms with Gasteiger partial charge >= 0.3 is 5.97 Å². The average Bonchev–Trinajstić information content (AvgIpc) is 2.05. The number of carbonyl (C=O) groups excluding carboxylic acids is 1. The topological polar surface area (TPSA) is 52.1 Å². The summed E-state index contributed by atoms with van der Waals surface area (Å²) in [5.41, 5.74) is 0.256. The van der Waals surface area contributed by atoms with Gasteiger partial charge in [-0.2, -0.15) is 0 Å². The second-order valence-corrected chi connectivity index (χ2v) is 2.79. The molecule has 0 bridgehead atoms. The van der Waals surface area contributed by atoms with Crippen molar-refractivity contribution >= 4 is 21.9 Å². The molecule has 0 unspecified atom stereocenters. The summed E-state index contributed by atoms with van der Waals surface area (Å²) >= 11 is 3.14. The summed E-state index contributed by atoms with van der Waals surface area (Å²) in [6.07, 6.45) is 2.80. The minimum Gasteiger partial charge on any atom is -0.461 e. The van der Waals surface area contributed by atoms with Crippen molar-refractivity contribution in [2.45, 2.75) is 6.92 Å². The van der Waals surface area contributed by atoms with E-state index in [9.17, 15) is 4.79 Å². The SMILES string of the molecule is CCOC(=O)c1ncncc1Br. The Morgan fingerprint density at radius 2 is 2.50 bits per heavy atom. The van der Waals surface area contributed by atoms with Crippen molar-refractivity contribution in [2.75, 3.05) is 6.61 Å². The lowest BCUT2D eigenvalue weighted by atomic mass is 10.4. The summed E-state index contributed by atoms with van der Waals surface area (Å²) in [5.74, 6) is -0.438. The molecule has 0 aliphatic rings. The first kappa shape index (κ1) is 9.12. The second-order valence-electron chi connectivity index (χ2n) is 1.94. The molecule has 0 fully saturated rings. The molecule has 1 aromatic rings. The van der Waals surface area contributed by atoms with Crippen LogP contribution >= 0.6 is 15.9 Å². The standard InChI is InChI=1S/C7H7BrN2O2/c1-2-12-7(11)6-5(8)3-9-4-10-6/h3-4H,2H2,1H3. The van der Waals surface area contributed by atoms with Crippen molar-refractivity contribution in [3.05, 3.63) is 22.7 Å². The Morgan fingerprint density at radius 1 is 1.75 bits per heavy atom. The Labute approximate surface area is 78.1 Å². The van der Waals surface area contributed by atoms with Crippen molar-refractivity contribution in [1.29, 1.82) is 0 Å². The number of hydrogen-bond donors (Lipinski definition) is 0. The zero-order chi connectivity index (χ0) is 8.97. The molecule has 5 heteroatoms. The van der Waals surface area contributed by atoms with Gasteiger partial charge in [-0.1, -0.05) is 0 Å². The third kappa shape index (κ3) is 2.01. The van der Waals surface area contributed by atoms with Crippen LogP contribution in [0.1, 0.15) is 17.4 Å². The van der Waals surface area contributed by atoms with Gasteiger partial charge in [0.2, 0.25) is 0 Å². The van der Waals surface area contributed by atoms with Crippen LogP contribution in [0.5, 0.6) is 0 Å². The molecule has 0 amide bonds. The number of carbonyl (C=O) groups is 1. The van der Waals surface area contributed by atoms with Crippen LogP contribution in [0.3, 0.4) is 0 Å². The number of esters is 1. The molecule has 0 atom stereocenters. The largest absolute Gasteiger partial charge is 0.461 e. The lowest BCUT2D eigenvalue weighted by Crippen LogP contribution is -2.07. The molecule has 0 saturated carbocycles. The minimum absolute atomic E-state index is 0.256. The molecule has 0 aliphatic carbocycles. The van der Waals surface area contributed by atoms with E-state index in [-0.39, 0.29) is 5.69 Å². The molecule has 12 heavy (non-hydrogen) atoms. The number of rotatable bonds is 2. The zero-order valence-electron chi connectivity index (χ0n) is 6.45. The van der Waals surface area contributed by atoms with E-state index in [0.717, 1.165) is 0 Å². The predicted octanol–water partition coefficient (Wildman–Crippen LogP) is 1.42. The highest BCUT2D eigenvalue weighted by molar-refractivity contribution is 9.10. The summed E-state index contributed by atoms with van der Waals surface area (Å²) in [6.45, 7) is 2.09. The van der Waals surface area contributed by atoms with Crippen LogP contribution < -0.4 is 0 Å². The van der Waals surface area contributed by atoms with Gasteiger partial charge in [0, 0.05) is 6.20 Å². The van der Waals surface area contributed by atoms with E-state index < -0.39 is 5.97 Å². The third-order valence-corrected chi connectivity index (χ3v) is 1.72. The molecule has 0 saturated heterocycles. The molecular weight excluding hydrogens is 224 g/mol. The van der Waals surface area contributed by atoms with Crippen molar-refractivity contribution in [3.8, 4) is 0 Å². The maximum Gasteiger partial charge on any atom is 0.358 e. The van der Waals surface area contributed by atoms with E-state index in [0.29, 0.717) is 11.1 Å². The molecule has 0 spiro atoms. The smallest absolute Gasteiger partial charge is 0.358 e. The zero-order valence-corrected chi connectivity index (χ0v) is 8.04. The Kier molecular flexibility index (Phi) is 3.16. The number of ether oxygens (including phenoxy) is 1. The van der Waals surface area contributed by atoms with Crippen LogP contribution in [0.2, 0.25) is 0 Å². The van der Waals surface area contributed by atoms with E-state index in [1.165, 1.54) is 12.5 Å². The van der Waals surface area contributed by atoms with Gasteiger partial charge in [0.15, 0.2) is 5.69 Å². The van der Waals surface area contributed by atoms with Crippen LogP contribution in [0.25, 0.3) is 0 Å². The fourth-order valence-electron chi connectivity index (χ4n) is 0.662. The molecule has 64 valence electrons. The normalized spacial score (nSPS) is 9.50. The first-order chi connectivity index (χ1) is 5.75. The van der Waals surface area contributed by atoms with Crippen LogP contribution in [-0.4, -0.2) is 22.5 Å². The number of halogens is 1. The Morgan fingerprint density at radius 3 is 3.08 bits per heavy atom. The molecular formula is C7H7BrN2O2. The van der Waals surface area contributed by atoms with Crippen LogP contribution in [0, 0.1) is 0 Å². The maximum atomic E-state index is 11.1. The van der Waals surface area contributed by atoms with Crippen LogP contribution in [0.4, 0.5) is 0 Å². The molecule has 0 aliphatic heterocycles. The average molecular weight is 231 g/mol. The lowest BCUT2D eigenvalue weighted by Gasteiger charge is -2.00. The van der Waals surface area contributed by atoms with Crippen molar-refractivity contribution in [3.63, 3.8) is 0 Å². The summed E-state index contributed by atoms with van der Waals surface area (Å²) in [7, 11) is 0. The van der Waals surface area contributed by atoms with Gasteiger partial charge in [0.1, 0.15) is 6.33 Å². The molecule has 1 rings (SSSR count). The molecule has 1 aromatic heterocycles. The van der Waals surface area contributed by atoms with Gasteiger partial charge in [0.05, 0.1) is 11.1 Å². The monoisotopic (exact) mass is 230 g/mol. The number of aromatic nitrogens is 2. The van der Waals surface area contributed by atoms with Crippen LogP contribution in [-0.2, 0) is 4.74 Å². The third-order valence-electron chi connectivity index (χ3n) is 1.14. The lowest BCUT2D eigenvalue weighted by molar-refractivity contribution is 0.0518. The van der Waals surface area contributed by atoms with Gasteiger partial charge < -0.3 is 4.74 Å². The van der Waals surface area contributed by atoms with E-state index >= 15 is 0 Å². The van der Waals surface area contributed by atoms with Gasteiger partial charge in [-0.15, -0.1) is 0 Å². The molecule has 1 heterocycles. The predicted molar refractivity (Wildman–Crippen MR) is 45.7 cm³/mol. The Hall–Kier alpha value is -0.970. The highest BCUT2D eigenvalue weighted by Gasteiger charge is 2.11. The quantitative estimate of drug-likeness (QED) is 0.722. The minimum atomic E-state index is -0.438. The van der Waals surface area contributed by atoms with Gasteiger partial charge in [-0.25, -0.2) is 14.8 Å². The molecule has 4 nitrogen and oxygen atoms in total. The van der Waals surface area contributed by atoms with Gasteiger partial charge in [-0.3, -0.25) is 0 Å². The molecule has 0 radical (unpaired) electrons. The number of nitrogens with zero attached hydrogens (tertiary/aromatic N) is 2. The summed E-state index contributed by atoms with van der Waals surface area (Å²) < 4.78 is 5.29. The fourth-order valence-corrected chi connectivity index (χ4v) is 1.04. The second kappa shape index (κ2) is 4.15. The highest BCUT2D eigenvalue weighted by Crippen LogP contribution is 2.12. The fraction of sp³-hybridized carbons (Fsp3) is 0.286. The first-order valence-corrected chi connectivity index (χ1v) is 4.17. The van der Waals surface area contributed by atoms with E-state index in [1.807, 2.05) is 0 Å².